The quantitative estimate of drug-likeness (QED) is 0.800. The van der Waals surface area contributed by atoms with Crippen molar-refractivity contribution >= 4 is 0 Å². The van der Waals surface area contributed by atoms with Crippen LogP contribution in [0.15, 0.2) is 24.3 Å². The molecular weight excluding hydrogens is 189 g/mol. The molecule has 0 radical (unpaired) electrons. The fraction of sp³-hybridized carbons (Fsp3) is 0.538. The van der Waals surface area contributed by atoms with Crippen molar-refractivity contribution < 1.29 is 4.39 Å². The van der Waals surface area contributed by atoms with E-state index < -0.39 is 0 Å². The minimum Gasteiger partial charge on any atom is -0.307 e. The van der Waals surface area contributed by atoms with Crippen molar-refractivity contribution in [3.05, 3.63) is 35.6 Å². The van der Waals surface area contributed by atoms with Crippen LogP contribution >= 0.6 is 0 Å². The molecule has 0 bridgehead atoms. The van der Waals surface area contributed by atoms with Crippen molar-refractivity contribution in [3.63, 3.8) is 0 Å². The van der Waals surface area contributed by atoms with Crippen molar-refractivity contribution in [2.45, 2.75) is 39.8 Å². The molecule has 84 valence electrons. The molecule has 0 saturated heterocycles. The zero-order chi connectivity index (χ0) is 11.4. The number of hydrogen-bond acceptors (Lipinski definition) is 1. The highest BCUT2D eigenvalue weighted by Gasteiger charge is 2.12. The fourth-order valence-electron chi connectivity index (χ4n) is 1.46. The van der Waals surface area contributed by atoms with Gasteiger partial charge >= 0.3 is 0 Å². The number of nitrogens with one attached hydrogen (secondary N) is 1. The van der Waals surface area contributed by atoms with E-state index in [1.807, 2.05) is 6.07 Å². The Hall–Kier alpha value is -0.890. The summed E-state index contributed by atoms with van der Waals surface area (Å²) < 4.78 is 13.0. The lowest BCUT2D eigenvalue weighted by molar-refractivity contribution is 0.388. The van der Waals surface area contributed by atoms with Crippen molar-refractivity contribution in [2.75, 3.05) is 0 Å². The topological polar surface area (TPSA) is 12.0 Å². The molecule has 0 saturated carbocycles. The highest BCUT2D eigenvalue weighted by Crippen LogP contribution is 2.15. The molecule has 0 aliphatic heterocycles. The summed E-state index contributed by atoms with van der Waals surface area (Å²) in [5.74, 6) is 0.416. The van der Waals surface area contributed by atoms with Crippen LogP contribution in [0.2, 0.25) is 0 Å². The van der Waals surface area contributed by atoms with Gasteiger partial charge in [0, 0.05) is 12.1 Å². The van der Waals surface area contributed by atoms with Gasteiger partial charge in [-0.3, -0.25) is 0 Å². The van der Waals surface area contributed by atoms with Crippen molar-refractivity contribution in [1.82, 2.24) is 5.32 Å². The monoisotopic (exact) mass is 209 g/mol. The second kappa shape index (κ2) is 5.26. The lowest BCUT2D eigenvalue weighted by Gasteiger charge is -2.23. The summed E-state index contributed by atoms with van der Waals surface area (Å²) in [6.45, 7) is 8.57. The molecule has 0 heterocycles. The van der Waals surface area contributed by atoms with Gasteiger partial charge in [0.15, 0.2) is 0 Å². The molecule has 0 fully saturated rings. The van der Waals surface area contributed by atoms with Crippen LogP contribution in [-0.4, -0.2) is 6.04 Å². The second-order valence-corrected chi connectivity index (χ2v) is 4.48. The highest BCUT2D eigenvalue weighted by atomic mass is 19.1. The fourth-order valence-corrected chi connectivity index (χ4v) is 1.46. The number of hydrogen-bond donors (Lipinski definition) is 1. The summed E-state index contributed by atoms with van der Waals surface area (Å²) in [5, 5.41) is 3.46. The van der Waals surface area contributed by atoms with E-state index >= 15 is 0 Å². The third-order valence-corrected chi connectivity index (χ3v) is 2.86. The minimum absolute atomic E-state index is 0.168. The van der Waals surface area contributed by atoms with Gasteiger partial charge in [-0.05, 0) is 37.5 Å². The number of halogens is 1. The standard InChI is InChI=1S/C13H20FN/c1-9(2)10(3)15-11(4)12-6-5-7-13(14)8-12/h5-11,15H,1-4H3/t10?,11-/m0/s1. The van der Waals surface area contributed by atoms with Crippen LogP contribution in [0.1, 0.15) is 39.3 Å². The van der Waals surface area contributed by atoms with Crippen LogP contribution in [0.3, 0.4) is 0 Å². The van der Waals surface area contributed by atoms with Crippen LogP contribution < -0.4 is 5.32 Å². The predicted octanol–water partition coefficient (Wildman–Crippen LogP) is 3.52. The van der Waals surface area contributed by atoms with Gasteiger partial charge in [-0.1, -0.05) is 26.0 Å². The molecule has 2 atom stereocenters. The Labute approximate surface area is 91.7 Å². The number of benzene rings is 1. The predicted molar refractivity (Wildman–Crippen MR) is 62.3 cm³/mol. The first-order valence-corrected chi connectivity index (χ1v) is 5.52. The average molecular weight is 209 g/mol. The van der Waals surface area contributed by atoms with Crippen LogP contribution in [0.4, 0.5) is 4.39 Å². The maximum absolute atomic E-state index is 13.0. The van der Waals surface area contributed by atoms with E-state index in [9.17, 15) is 4.39 Å². The Morgan fingerprint density at radius 1 is 1.13 bits per heavy atom. The Bertz CT molecular complexity index is 309. The first-order valence-electron chi connectivity index (χ1n) is 5.52. The van der Waals surface area contributed by atoms with E-state index in [2.05, 4.69) is 33.0 Å². The van der Waals surface area contributed by atoms with E-state index in [0.717, 1.165) is 5.56 Å². The molecule has 1 rings (SSSR count). The molecule has 1 N–H and O–H groups in total. The van der Waals surface area contributed by atoms with Gasteiger partial charge in [-0.2, -0.15) is 0 Å². The number of rotatable bonds is 4. The van der Waals surface area contributed by atoms with Gasteiger partial charge in [0.2, 0.25) is 0 Å². The summed E-state index contributed by atoms with van der Waals surface area (Å²) in [6, 6.07) is 7.39. The summed E-state index contributed by atoms with van der Waals surface area (Å²) in [4.78, 5) is 0. The Morgan fingerprint density at radius 2 is 1.80 bits per heavy atom. The lowest BCUT2D eigenvalue weighted by atomic mass is 10.0. The normalized spacial score (nSPS) is 15.3. The molecule has 1 aromatic rings. The zero-order valence-electron chi connectivity index (χ0n) is 9.92. The molecule has 1 aromatic carbocycles. The van der Waals surface area contributed by atoms with Crippen molar-refractivity contribution in [2.24, 2.45) is 5.92 Å². The SMILES string of the molecule is CC(C)C(C)N[C@@H](C)c1cccc(F)c1. The molecule has 0 aliphatic carbocycles. The molecular formula is C13H20FN. The Kier molecular flexibility index (Phi) is 4.28. The lowest BCUT2D eigenvalue weighted by Crippen LogP contribution is -2.33. The van der Waals surface area contributed by atoms with Crippen molar-refractivity contribution in [1.29, 1.82) is 0 Å². The van der Waals surface area contributed by atoms with Crippen LogP contribution in [0.25, 0.3) is 0 Å². The van der Waals surface area contributed by atoms with Crippen LogP contribution in [0, 0.1) is 11.7 Å². The third kappa shape index (κ3) is 3.63. The summed E-state index contributed by atoms with van der Waals surface area (Å²) in [7, 11) is 0. The Morgan fingerprint density at radius 3 is 2.33 bits per heavy atom. The molecule has 0 aliphatic rings. The van der Waals surface area contributed by atoms with E-state index in [4.69, 9.17) is 0 Å². The van der Waals surface area contributed by atoms with E-state index in [1.165, 1.54) is 6.07 Å². The van der Waals surface area contributed by atoms with Gasteiger partial charge < -0.3 is 5.32 Å². The maximum atomic E-state index is 13.0. The molecule has 0 aromatic heterocycles. The molecule has 1 unspecified atom stereocenters. The summed E-state index contributed by atoms with van der Waals surface area (Å²) >= 11 is 0. The largest absolute Gasteiger partial charge is 0.307 e. The van der Waals surface area contributed by atoms with Crippen LogP contribution in [-0.2, 0) is 0 Å². The third-order valence-electron chi connectivity index (χ3n) is 2.86. The van der Waals surface area contributed by atoms with Gasteiger partial charge in [0.1, 0.15) is 5.82 Å². The van der Waals surface area contributed by atoms with Gasteiger partial charge in [-0.25, -0.2) is 4.39 Å². The highest BCUT2D eigenvalue weighted by molar-refractivity contribution is 5.19. The molecule has 15 heavy (non-hydrogen) atoms. The molecule has 1 nitrogen and oxygen atoms in total. The van der Waals surface area contributed by atoms with Crippen molar-refractivity contribution in [3.8, 4) is 0 Å². The summed E-state index contributed by atoms with van der Waals surface area (Å²) in [6.07, 6.45) is 0. The average Bonchev–Trinajstić information content (AvgIpc) is 2.17. The van der Waals surface area contributed by atoms with Gasteiger partial charge in [0.25, 0.3) is 0 Å². The van der Waals surface area contributed by atoms with E-state index in [1.54, 1.807) is 12.1 Å². The van der Waals surface area contributed by atoms with E-state index in [-0.39, 0.29) is 11.9 Å². The Balaban J connectivity index is 2.64. The second-order valence-electron chi connectivity index (χ2n) is 4.48. The van der Waals surface area contributed by atoms with Crippen LogP contribution in [0.5, 0.6) is 0 Å². The first-order chi connectivity index (χ1) is 7.00. The van der Waals surface area contributed by atoms with E-state index in [0.29, 0.717) is 12.0 Å². The molecule has 2 heteroatoms. The molecule has 0 spiro atoms. The summed E-state index contributed by atoms with van der Waals surface area (Å²) in [5.41, 5.74) is 1.00. The smallest absolute Gasteiger partial charge is 0.123 e. The van der Waals surface area contributed by atoms with Gasteiger partial charge in [-0.15, -0.1) is 0 Å². The maximum Gasteiger partial charge on any atom is 0.123 e. The van der Waals surface area contributed by atoms with Gasteiger partial charge in [0.05, 0.1) is 0 Å². The first kappa shape index (κ1) is 12.2. The molecule has 0 amide bonds. The zero-order valence-corrected chi connectivity index (χ0v) is 9.92. The minimum atomic E-state index is -0.168.